The average molecular weight is 235 g/mol. The topological polar surface area (TPSA) is 12.0 Å². The number of piperidine rings is 1. The normalized spacial score (nSPS) is 27.6. The van der Waals surface area contributed by atoms with Gasteiger partial charge in [0.2, 0.25) is 0 Å². The molecular formula is C16H29N. The Morgan fingerprint density at radius 2 is 1.94 bits per heavy atom. The fraction of sp³-hybridized carbons (Fsp3) is 0.875. The molecule has 0 spiro atoms. The van der Waals surface area contributed by atoms with Crippen molar-refractivity contribution in [2.24, 2.45) is 11.8 Å². The van der Waals surface area contributed by atoms with Crippen molar-refractivity contribution in [2.75, 3.05) is 13.1 Å². The van der Waals surface area contributed by atoms with Gasteiger partial charge < -0.3 is 5.32 Å². The number of nitrogens with one attached hydrogen (secondary N) is 1. The third-order valence-corrected chi connectivity index (χ3v) is 4.79. The van der Waals surface area contributed by atoms with E-state index < -0.39 is 0 Å². The first-order valence-electron chi connectivity index (χ1n) is 7.77. The molecule has 1 atom stereocenters. The van der Waals surface area contributed by atoms with Gasteiger partial charge in [-0.3, -0.25) is 0 Å². The fourth-order valence-corrected chi connectivity index (χ4v) is 3.35. The van der Waals surface area contributed by atoms with Crippen LogP contribution in [0.2, 0.25) is 0 Å². The minimum absolute atomic E-state index is 1.00. The molecule has 98 valence electrons. The molecule has 0 aromatic heterocycles. The molecule has 0 saturated carbocycles. The van der Waals surface area contributed by atoms with Crippen molar-refractivity contribution in [2.45, 2.75) is 64.7 Å². The first-order chi connectivity index (χ1) is 8.38. The molecule has 1 aliphatic carbocycles. The number of hydrogen-bond acceptors (Lipinski definition) is 1. The highest BCUT2D eigenvalue weighted by molar-refractivity contribution is 5.04. The van der Waals surface area contributed by atoms with E-state index in [0.717, 1.165) is 11.8 Å². The third-order valence-electron chi connectivity index (χ3n) is 4.79. The largest absolute Gasteiger partial charge is 0.317 e. The summed E-state index contributed by atoms with van der Waals surface area (Å²) in [4.78, 5) is 0. The Hall–Kier alpha value is -0.300. The predicted octanol–water partition coefficient (Wildman–Crippen LogP) is 4.29. The summed E-state index contributed by atoms with van der Waals surface area (Å²) in [7, 11) is 0. The standard InChI is InChI=1S/C16H29N/c1-2-14-4-3-5-15(7-6-14)8-9-16-10-12-17-13-11-16/h5,14,16-17H,2-4,6-13H2,1H3. The van der Waals surface area contributed by atoms with Gasteiger partial charge in [0.05, 0.1) is 0 Å². The summed E-state index contributed by atoms with van der Waals surface area (Å²) in [6.07, 6.45) is 15.2. The lowest BCUT2D eigenvalue weighted by atomic mass is 9.90. The van der Waals surface area contributed by atoms with E-state index in [2.05, 4.69) is 18.3 Å². The maximum Gasteiger partial charge on any atom is -0.00463 e. The molecule has 0 radical (unpaired) electrons. The van der Waals surface area contributed by atoms with E-state index in [1.165, 1.54) is 70.9 Å². The van der Waals surface area contributed by atoms with Crippen LogP contribution in [0.1, 0.15) is 64.7 Å². The monoisotopic (exact) mass is 235 g/mol. The Kier molecular flexibility index (Phi) is 5.57. The minimum Gasteiger partial charge on any atom is -0.317 e. The molecule has 2 rings (SSSR count). The first-order valence-corrected chi connectivity index (χ1v) is 7.77. The van der Waals surface area contributed by atoms with E-state index >= 15 is 0 Å². The van der Waals surface area contributed by atoms with Gasteiger partial charge in [-0.05, 0) is 76.3 Å². The maximum atomic E-state index is 3.46. The second-order valence-corrected chi connectivity index (χ2v) is 5.98. The van der Waals surface area contributed by atoms with Crippen LogP contribution in [-0.2, 0) is 0 Å². The van der Waals surface area contributed by atoms with Crippen LogP contribution in [0.4, 0.5) is 0 Å². The molecule has 1 nitrogen and oxygen atoms in total. The maximum absolute atomic E-state index is 3.46. The van der Waals surface area contributed by atoms with Crippen LogP contribution in [-0.4, -0.2) is 13.1 Å². The van der Waals surface area contributed by atoms with Gasteiger partial charge >= 0.3 is 0 Å². The van der Waals surface area contributed by atoms with E-state index in [-0.39, 0.29) is 0 Å². The van der Waals surface area contributed by atoms with Crippen molar-refractivity contribution in [3.05, 3.63) is 11.6 Å². The molecule has 1 aliphatic heterocycles. The summed E-state index contributed by atoms with van der Waals surface area (Å²) in [5, 5.41) is 3.46. The van der Waals surface area contributed by atoms with Crippen molar-refractivity contribution in [3.63, 3.8) is 0 Å². The molecule has 1 unspecified atom stereocenters. The van der Waals surface area contributed by atoms with Gasteiger partial charge in [-0.1, -0.05) is 25.0 Å². The SMILES string of the molecule is CCC1CCC=C(CCC2CCNCC2)CC1. The van der Waals surface area contributed by atoms with E-state index in [1.807, 2.05) is 0 Å². The van der Waals surface area contributed by atoms with Gasteiger partial charge in [0, 0.05) is 0 Å². The summed E-state index contributed by atoms with van der Waals surface area (Å²) in [5.74, 6) is 2.00. The number of hydrogen-bond donors (Lipinski definition) is 1. The quantitative estimate of drug-likeness (QED) is 0.717. The van der Waals surface area contributed by atoms with E-state index in [9.17, 15) is 0 Å². The van der Waals surface area contributed by atoms with Crippen molar-refractivity contribution in [1.29, 1.82) is 0 Å². The average Bonchev–Trinajstić information content (AvgIpc) is 2.62. The zero-order valence-electron chi connectivity index (χ0n) is 11.5. The zero-order valence-corrected chi connectivity index (χ0v) is 11.5. The first kappa shape index (κ1) is 13.1. The lowest BCUT2D eigenvalue weighted by Gasteiger charge is -2.23. The second-order valence-electron chi connectivity index (χ2n) is 5.98. The van der Waals surface area contributed by atoms with Crippen LogP contribution in [0, 0.1) is 11.8 Å². The van der Waals surface area contributed by atoms with Gasteiger partial charge in [0.15, 0.2) is 0 Å². The van der Waals surface area contributed by atoms with Gasteiger partial charge in [-0.15, -0.1) is 0 Å². The molecule has 0 aromatic rings. The van der Waals surface area contributed by atoms with Crippen LogP contribution in [0.15, 0.2) is 11.6 Å². The molecule has 1 heteroatoms. The lowest BCUT2D eigenvalue weighted by molar-refractivity contribution is 0.352. The summed E-state index contributed by atoms with van der Waals surface area (Å²) >= 11 is 0. The zero-order chi connectivity index (χ0) is 11.9. The van der Waals surface area contributed by atoms with Crippen LogP contribution < -0.4 is 5.32 Å². The van der Waals surface area contributed by atoms with Crippen molar-refractivity contribution in [1.82, 2.24) is 5.32 Å². The summed E-state index contributed by atoms with van der Waals surface area (Å²) in [5.41, 5.74) is 1.78. The molecular weight excluding hydrogens is 206 g/mol. The van der Waals surface area contributed by atoms with Crippen LogP contribution in [0.3, 0.4) is 0 Å². The minimum atomic E-state index is 1.00. The van der Waals surface area contributed by atoms with Crippen LogP contribution in [0.5, 0.6) is 0 Å². The Morgan fingerprint density at radius 1 is 1.12 bits per heavy atom. The van der Waals surface area contributed by atoms with Crippen molar-refractivity contribution >= 4 is 0 Å². The van der Waals surface area contributed by atoms with Gasteiger partial charge in [0.25, 0.3) is 0 Å². The highest BCUT2D eigenvalue weighted by Gasteiger charge is 2.15. The summed E-state index contributed by atoms with van der Waals surface area (Å²) in [6.45, 7) is 4.86. The molecule has 1 N–H and O–H groups in total. The Labute approximate surface area is 107 Å². The highest BCUT2D eigenvalue weighted by Crippen LogP contribution is 2.29. The Morgan fingerprint density at radius 3 is 2.71 bits per heavy atom. The number of allylic oxidation sites excluding steroid dienone is 2. The summed E-state index contributed by atoms with van der Waals surface area (Å²) in [6, 6.07) is 0. The van der Waals surface area contributed by atoms with Crippen molar-refractivity contribution < 1.29 is 0 Å². The van der Waals surface area contributed by atoms with Gasteiger partial charge in [0.1, 0.15) is 0 Å². The molecule has 0 amide bonds. The summed E-state index contributed by atoms with van der Waals surface area (Å²) < 4.78 is 0. The van der Waals surface area contributed by atoms with Crippen LogP contribution >= 0.6 is 0 Å². The molecule has 1 saturated heterocycles. The lowest BCUT2D eigenvalue weighted by Crippen LogP contribution is -2.27. The van der Waals surface area contributed by atoms with E-state index in [1.54, 1.807) is 5.57 Å². The Bertz CT molecular complexity index is 238. The number of rotatable bonds is 4. The molecule has 0 bridgehead atoms. The predicted molar refractivity (Wildman–Crippen MR) is 75.2 cm³/mol. The smallest absolute Gasteiger partial charge is 0.00463 e. The molecule has 2 aliphatic rings. The molecule has 0 aromatic carbocycles. The molecule has 1 fully saturated rings. The fourth-order valence-electron chi connectivity index (χ4n) is 3.35. The van der Waals surface area contributed by atoms with Crippen LogP contribution in [0.25, 0.3) is 0 Å². The van der Waals surface area contributed by atoms with Gasteiger partial charge in [-0.25, -0.2) is 0 Å². The van der Waals surface area contributed by atoms with Crippen molar-refractivity contribution in [3.8, 4) is 0 Å². The third kappa shape index (κ3) is 4.46. The van der Waals surface area contributed by atoms with E-state index in [0.29, 0.717) is 0 Å². The highest BCUT2D eigenvalue weighted by atomic mass is 14.9. The van der Waals surface area contributed by atoms with E-state index in [4.69, 9.17) is 0 Å². The van der Waals surface area contributed by atoms with Gasteiger partial charge in [-0.2, -0.15) is 0 Å². The Balaban J connectivity index is 1.69. The molecule has 1 heterocycles. The molecule has 17 heavy (non-hydrogen) atoms. The second kappa shape index (κ2) is 7.20.